The van der Waals surface area contributed by atoms with Gasteiger partial charge in [-0.05, 0) is 111 Å². The topological polar surface area (TPSA) is 121 Å². The van der Waals surface area contributed by atoms with Gasteiger partial charge in [-0.15, -0.1) is 0 Å². The Kier molecular flexibility index (Phi) is 7.34. The Morgan fingerprint density at radius 2 is 1.66 bits per heavy atom. The highest BCUT2D eigenvalue weighted by Crippen LogP contribution is 2.67. The van der Waals surface area contributed by atoms with Gasteiger partial charge in [0, 0.05) is 60.7 Å². The predicted molar refractivity (Wildman–Crippen MR) is 190 cm³/mol. The number of rotatable bonds is 7. The van der Waals surface area contributed by atoms with Crippen molar-refractivity contribution in [2.75, 3.05) is 21.2 Å². The summed E-state index contributed by atoms with van der Waals surface area (Å²) in [6, 6.07) is 12.0. The van der Waals surface area contributed by atoms with E-state index in [1.165, 1.54) is 26.1 Å². The van der Waals surface area contributed by atoms with Gasteiger partial charge in [0.2, 0.25) is 5.91 Å². The summed E-state index contributed by atoms with van der Waals surface area (Å²) in [5, 5.41) is 12.7. The van der Waals surface area contributed by atoms with E-state index in [9.17, 15) is 18.3 Å². The molecule has 50 heavy (non-hydrogen) atoms. The SMILES string of the molecule is COc1ccc2c(c1)C1CC1(C(=O)N1C3CCC1CC(O)(C1CC1)C3)Cn1c-2c(C2CCCCC2)c2ccc(C(=O)NS(=O)(=O)N(C)C)cc21. The van der Waals surface area contributed by atoms with Crippen molar-refractivity contribution in [3.63, 3.8) is 0 Å². The van der Waals surface area contributed by atoms with Gasteiger partial charge in [0.15, 0.2) is 0 Å². The minimum absolute atomic E-state index is 0.0228. The molecule has 2 N–H and O–H groups in total. The maximum Gasteiger partial charge on any atom is 0.303 e. The lowest BCUT2D eigenvalue weighted by Crippen LogP contribution is -2.56. The van der Waals surface area contributed by atoms with E-state index in [2.05, 4.69) is 26.3 Å². The smallest absolute Gasteiger partial charge is 0.303 e. The minimum Gasteiger partial charge on any atom is -0.497 e. The van der Waals surface area contributed by atoms with E-state index in [1.807, 2.05) is 18.2 Å². The van der Waals surface area contributed by atoms with Crippen LogP contribution >= 0.6 is 0 Å². The molecule has 3 aromatic rings. The van der Waals surface area contributed by atoms with Crippen LogP contribution in [0.2, 0.25) is 0 Å². The first kappa shape index (κ1) is 32.5. The number of aromatic nitrogens is 1. The molecule has 1 aromatic heterocycles. The van der Waals surface area contributed by atoms with Crippen molar-refractivity contribution < 1.29 is 27.9 Å². The molecule has 0 spiro atoms. The molecule has 3 aliphatic carbocycles. The number of hydrogen-bond donors (Lipinski definition) is 2. The lowest BCUT2D eigenvalue weighted by Gasteiger charge is -2.45. The summed E-state index contributed by atoms with van der Waals surface area (Å²) in [6.07, 6.45) is 11.8. The molecule has 5 fully saturated rings. The average molecular weight is 701 g/mol. The van der Waals surface area contributed by atoms with Crippen LogP contribution in [0.4, 0.5) is 0 Å². The maximum atomic E-state index is 15.2. The summed E-state index contributed by atoms with van der Waals surface area (Å²) in [7, 11) is 0.475. The zero-order chi connectivity index (χ0) is 34.7. The van der Waals surface area contributed by atoms with Crippen LogP contribution in [0.3, 0.4) is 0 Å². The molecule has 3 aliphatic heterocycles. The number of aliphatic hydroxyl groups is 1. The normalized spacial score (nSPS) is 30.4. The van der Waals surface area contributed by atoms with E-state index in [1.54, 1.807) is 13.2 Å². The van der Waals surface area contributed by atoms with Gasteiger partial charge in [-0.25, -0.2) is 4.72 Å². The van der Waals surface area contributed by atoms with Crippen molar-refractivity contribution in [3.05, 3.63) is 53.1 Å². The molecule has 2 aromatic carbocycles. The largest absolute Gasteiger partial charge is 0.497 e. The maximum absolute atomic E-state index is 15.2. The van der Waals surface area contributed by atoms with Gasteiger partial charge in [-0.3, -0.25) is 9.59 Å². The second kappa shape index (κ2) is 11.3. The summed E-state index contributed by atoms with van der Waals surface area (Å²) < 4.78 is 36.5. The molecule has 0 radical (unpaired) electrons. The van der Waals surface area contributed by atoms with Crippen molar-refractivity contribution in [1.82, 2.24) is 18.5 Å². The second-order valence-electron chi connectivity index (χ2n) is 16.4. The third kappa shape index (κ3) is 4.89. The summed E-state index contributed by atoms with van der Waals surface area (Å²) in [5.41, 5.74) is 4.46. The molecule has 4 heterocycles. The van der Waals surface area contributed by atoms with Crippen molar-refractivity contribution in [2.24, 2.45) is 11.3 Å². The van der Waals surface area contributed by atoms with Crippen LogP contribution in [-0.4, -0.2) is 78.0 Å². The number of nitrogens with zero attached hydrogens (tertiary/aromatic N) is 3. The van der Waals surface area contributed by atoms with Crippen LogP contribution in [0.1, 0.15) is 110 Å². The lowest BCUT2D eigenvalue weighted by molar-refractivity contribution is -0.149. The molecule has 266 valence electrons. The van der Waals surface area contributed by atoms with Crippen molar-refractivity contribution in [1.29, 1.82) is 0 Å². The van der Waals surface area contributed by atoms with Gasteiger partial charge in [-0.1, -0.05) is 25.3 Å². The Hall–Kier alpha value is -3.41. The third-order valence-corrected chi connectivity index (χ3v) is 14.7. The molecule has 6 aliphatic rings. The molecular formula is C39H48N4O6S. The number of carbonyl (C=O) groups excluding carboxylic acids is 2. The van der Waals surface area contributed by atoms with E-state index in [0.717, 1.165) is 95.6 Å². The van der Waals surface area contributed by atoms with E-state index in [4.69, 9.17) is 4.74 Å². The quantitative estimate of drug-likeness (QED) is 0.327. The van der Waals surface area contributed by atoms with E-state index in [-0.39, 0.29) is 29.5 Å². The molecule has 11 heteroatoms. The number of ether oxygens (including phenoxy) is 1. The van der Waals surface area contributed by atoms with Crippen LogP contribution in [0.5, 0.6) is 5.75 Å². The molecule has 4 atom stereocenters. The number of methoxy groups -OCH3 is 1. The molecule has 2 saturated heterocycles. The number of piperidine rings is 1. The summed E-state index contributed by atoms with van der Waals surface area (Å²) >= 11 is 0. The second-order valence-corrected chi connectivity index (χ2v) is 18.3. The molecule has 2 bridgehead atoms. The van der Waals surface area contributed by atoms with Gasteiger partial charge in [0.1, 0.15) is 5.75 Å². The lowest BCUT2D eigenvalue weighted by atomic mass is 9.80. The summed E-state index contributed by atoms with van der Waals surface area (Å²) in [5.74, 6) is 1.02. The van der Waals surface area contributed by atoms with E-state index >= 15 is 4.79 Å². The average Bonchev–Trinajstić information content (AvgIpc) is 4.02. The van der Waals surface area contributed by atoms with Crippen molar-refractivity contribution in [2.45, 2.75) is 113 Å². The number of carbonyl (C=O) groups is 2. The van der Waals surface area contributed by atoms with Gasteiger partial charge in [0.25, 0.3) is 5.91 Å². The zero-order valence-electron chi connectivity index (χ0n) is 29.3. The molecule has 9 rings (SSSR count). The van der Waals surface area contributed by atoms with E-state index in [0.29, 0.717) is 31.2 Å². The zero-order valence-corrected chi connectivity index (χ0v) is 30.1. The highest BCUT2D eigenvalue weighted by Gasteiger charge is 2.66. The highest BCUT2D eigenvalue weighted by atomic mass is 32.2. The van der Waals surface area contributed by atoms with Crippen LogP contribution in [0.15, 0.2) is 36.4 Å². The first-order valence-corrected chi connectivity index (χ1v) is 20.0. The third-order valence-electron chi connectivity index (χ3n) is 13.3. The number of fused-ring (bicyclic) bond motifs is 9. The van der Waals surface area contributed by atoms with Crippen LogP contribution in [0.25, 0.3) is 22.2 Å². The monoisotopic (exact) mass is 700 g/mol. The molecule has 3 saturated carbocycles. The van der Waals surface area contributed by atoms with Crippen LogP contribution in [-0.2, 0) is 21.5 Å². The number of nitrogens with one attached hydrogen (secondary N) is 1. The summed E-state index contributed by atoms with van der Waals surface area (Å²) in [6.45, 7) is 0.482. The first-order valence-electron chi connectivity index (χ1n) is 18.6. The van der Waals surface area contributed by atoms with Crippen molar-refractivity contribution >= 4 is 32.9 Å². The number of hydrogen-bond acceptors (Lipinski definition) is 6. The fourth-order valence-electron chi connectivity index (χ4n) is 10.5. The molecule has 4 unspecified atom stereocenters. The molecular weight excluding hydrogens is 653 g/mol. The fourth-order valence-corrected chi connectivity index (χ4v) is 11.0. The number of amides is 2. The highest BCUT2D eigenvalue weighted by molar-refractivity contribution is 7.87. The first-order chi connectivity index (χ1) is 23.9. The standard InChI is InChI=1S/C39H48N4O6S/c1-41(2)50(47,48)40-36(44)24-9-15-30-33(17-24)42-22-38(37(45)43-26-12-13-27(43)20-39(46,19-26)25-10-11-25)21-32(38)31-18-28(49-3)14-16-29(31)35(42)34(30)23-7-5-4-6-8-23/h9,14-18,23,25-27,32,46H,4-8,10-13,19-22H2,1-3H3,(H,40,44). The Morgan fingerprint density at radius 3 is 2.32 bits per heavy atom. The summed E-state index contributed by atoms with van der Waals surface area (Å²) in [4.78, 5) is 30.8. The van der Waals surface area contributed by atoms with Crippen molar-refractivity contribution in [3.8, 4) is 17.0 Å². The fraction of sp³-hybridized carbons (Fsp3) is 0.590. The minimum atomic E-state index is -3.98. The van der Waals surface area contributed by atoms with Gasteiger partial charge in [0.05, 0.1) is 23.8 Å². The van der Waals surface area contributed by atoms with E-state index < -0.39 is 27.1 Å². The Bertz CT molecular complexity index is 2010. The van der Waals surface area contributed by atoms with Gasteiger partial charge < -0.3 is 19.3 Å². The Labute approximate surface area is 294 Å². The van der Waals surface area contributed by atoms with Gasteiger partial charge >= 0.3 is 10.2 Å². The van der Waals surface area contributed by atoms with Crippen LogP contribution in [0, 0.1) is 11.3 Å². The number of benzene rings is 2. The van der Waals surface area contributed by atoms with Crippen LogP contribution < -0.4 is 9.46 Å². The molecule has 2 amide bonds. The Morgan fingerprint density at radius 1 is 0.940 bits per heavy atom. The Balaban J connectivity index is 1.20. The van der Waals surface area contributed by atoms with Gasteiger partial charge in [-0.2, -0.15) is 12.7 Å². The predicted octanol–water partition coefficient (Wildman–Crippen LogP) is 5.68. The molecule has 10 nitrogen and oxygen atoms in total.